The van der Waals surface area contributed by atoms with E-state index in [0.717, 1.165) is 15.1 Å². The highest BCUT2D eigenvalue weighted by molar-refractivity contribution is 14.1. The first-order valence-corrected chi connectivity index (χ1v) is 6.38. The first-order valence-electron chi connectivity index (χ1n) is 5.30. The molecule has 0 radical (unpaired) electrons. The second-order valence-corrected chi connectivity index (χ2v) is 6.18. The van der Waals surface area contributed by atoms with Crippen LogP contribution in [-0.4, -0.2) is 11.1 Å². The molecule has 0 atom stereocenters. The van der Waals surface area contributed by atoms with E-state index >= 15 is 0 Å². The van der Waals surface area contributed by atoms with Crippen LogP contribution in [-0.2, 0) is 5.41 Å². The first-order chi connectivity index (χ1) is 6.95. The average molecular weight is 317 g/mol. The molecule has 1 aromatic heterocycles. The van der Waals surface area contributed by atoms with Crippen LogP contribution in [0.4, 0.5) is 0 Å². The quantitative estimate of drug-likeness (QED) is 0.615. The number of hydrogen-bond acceptors (Lipinski definition) is 2. The monoisotopic (exact) mass is 317 g/mol. The van der Waals surface area contributed by atoms with Crippen LogP contribution in [0.25, 0.3) is 0 Å². The lowest BCUT2D eigenvalue weighted by molar-refractivity contribution is 0.301. The van der Waals surface area contributed by atoms with Crippen molar-refractivity contribution in [2.45, 2.75) is 45.1 Å². The highest BCUT2D eigenvalue weighted by Gasteiger charge is 2.24. The predicted molar refractivity (Wildman–Crippen MR) is 69.3 cm³/mol. The Bertz CT molecular complexity index is 366. The van der Waals surface area contributed by atoms with Crippen molar-refractivity contribution in [3.63, 3.8) is 0 Å². The fourth-order valence-electron chi connectivity index (χ4n) is 1.30. The van der Waals surface area contributed by atoms with Gasteiger partial charge in [-0.3, -0.25) is 0 Å². The van der Waals surface area contributed by atoms with Gasteiger partial charge in [-0.25, -0.2) is 4.98 Å². The van der Waals surface area contributed by atoms with Crippen LogP contribution < -0.4 is 4.74 Å². The molecule has 1 aliphatic rings. The number of ether oxygens (including phenoxy) is 1. The standard InChI is InChI=1S/C12H16INO/c1-12(2,3)10-6-9(7-11(13)14-10)15-8-4-5-8/h6-8H,4-5H2,1-3H3. The molecule has 0 amide bonds. The Labute approximate surface area is 105 Å². The fraction of sp³-hybridized carbons (Fsp3) is 0.583. The van der Waals surface area contributed by atoms with Crippen LogP contribution in [0.5, 0.6) is 5.75 Å². The van der Waals surface area contributed by atoms with Crippen molar-refractivity contribution in [1.29, 1.82) is 0 Å². The smallest absolute Gasteiger partial charge is 0.124 e. The van der Waals surface area contributed by atoms with Crippen molar-refractivity contribution in [3.05, 3.63) is 21.5 Å². The maximum absolute atomic E-state index is 5.80. The molecule has 1 heterocycles. The molecule has 0 N–H and O–H groups in total. The van der Waals surface area contributed by atoms with Gasteiger partial charge in [0.05, 0.1) is 11.8 Å². The van der Waals surface area contributed by atoms with E-state index in [-0.39, 0.29) is 5.41 Å². The molecule has 0 bridgehead atoms. The molecule has 82 valence electrons. The molecule has 1 aliphatic carbocycles. The zero-order valence-electron chi connectivity index (χ0n) is 9.38. The molecule has 3 heteroatoms. The minimum Gasteiger partial charge on any atom is -0.490 e. The summed E-state index contributed by atoms with van der Waals surface area (Å²) in [5.41, 5.74) is 1.19. The molecule has 0 unspecified atom stereocenters. The van der Waals surface area contributed by atoms with Crippen LogP contribution in [0, 0.1) is 3.70 Å². The molecule has 0 saturated heterocycles. The third kappa shape index (κ3) is 3.06. The van der Waals surface area contributed by atoms with Gasteiger partial charge in [0, 0.05) is 17.5 Å². The lowest BCUT2D eigenvalue weighted by Gasteiger charge is -2.19. The van der Waals surface area contributed by atoms with Gasteiger partial charge in [0.25, 0.3) is 0 Å². The number of hydrogen-bond donors (Lipinski definition) is 0. The Morgan fingerprint density at radius 2 is 2.00 bits per heavy atom. The summed E-state index contributed by atoms with van der Waals surface area (Å²) in [7, 11) is 0. The number of rotatable bonds is 2. The average Bonchev–Trinajstić information content (AvgIpc) is 2.85. The van der Waals surface area contributed by atoms with Crippen molar-refractivity contribution in [3.8, 4) is 5.75 Å². The van der Waals surface area contributed by atoms with Gasteiger partial charge in [-0.15, -0.1) is 0 Å². The van der Waals surface area contributed by atoms with Crippen molar-refractivity contribution in [2.75, 3.05) is 0 Å². The zero-order chi connectivity index (χ0) is 11.1. The van der Waals surface area contributed by atoms with Gasteiger partial charge in [0.15, 0.2) is 0 Å². The van der Waals surface area contributed by atoms with E-state index in [0.29, 0.717) is 6.10 Å². The second kappa shape index (κ2) is 3.92. The summed E-state index contributed by atoms with van der Waals surface area (Å²) in [6, 6.07) is 4.08. The fourth-order valence-corrected chi connectivity index (χ4v) is 1.87. The van der Waals surface area contributed by atoms with Crippen LogP contribution >= 0.6 is 22.6 Å². The summed E-state index contributed by atoms with van der Waals surface area (Å²) < 4.78 is 6.81. The number of nitrogens with zero attached hydrogens (tertiary/aromatic N) is 1. The molecule has 2 nitrogen and oxygen atoms in total. The third-order valence-corrected chi connectivity index (χ3v) is 2.92. The van der Waals surface area contributed by atoms with E-state index in [9.17, 15) is 0 Å². The Balaban J connectivity index is 2.27. The molecule has 1 saturated carbocycles. The summed E-state index contributed by atoms with van der Waals surface area (Å²) in [4.78, 5) is 4.54. The van der Waals surface area contributed by atoms with Gasteiger partial charge in [-0.1, -0.05) is 20.8 Å². The molecule has 0 aliphatic heterocycles. The van der Waals surface area contributed by atoms with Gasteiger partial charge in [-0.2, -0.15) is 0 Å². The van der Waals surface area contributed by atoms with Gasteiger partial charge in [0.2, 0.25) is 0 Å². The minimum atomic E-state index is 0.0862. The summed E-state index contributed by atoms with van der Waals surface area (Å²) in [5, 5.41) is 0. The Morgan fingerprint density at radius 1 is 1.33 bits per heavy atom. The molecule has 15 heavy (non-hydrogen) atoms. The largest absolute Gasteiger partial charge is 0.490 e. The first kappa shape index (κ1) is 11.2. The van der Waals surface area contributed by atoms with Crippen molar-refractivity contribution >= 4 is 22.6 Å². The zero-order valence-corrected chi connectivity index (χ0v) is 11.5. The Morgan fingerprint density at radius 3 is 2.53 bits per heavy atom. The number of aromatic nitrogens is 1. The van der Waals surface area contributed by atoms with E-state index in [2.05, 4.69) is 54.4 Å². The summed E-state index contributed by atoms with van der Waals surface area (Å²) in [5.74, 6) is 0.974. The van der Waals surface area contributed by atoms with Gasteiger partial charge in [0.1, 0.15) is 9.45 Å². The third-order valence-electron chi connectivity index (χ3n) is 2.36. The molecule has 0 aromatic carbocycles. The van der Waals surface area contributed by atoms with Crippen molar-refractivity contribution in [2.24, 2.45) is 0 Å². The maximum Gasteiger partial charge on any atom is 0.124 e. The molecule has 2 rings (SSSR count). The molecule has 0 spiro atoms. The van der Waals surface area contributed by atoms with E-state index in [1.54, 1.807) is 0 Å². The van der Waals surface area contributed by atoms with E-state index < -0.39 is 0 Å². The summed E-state index contributed by atoms with van der Waals surface area (Å²) in [6.07, 6.45) is 2.85. The summed E-state index contributed by atoms with van der Waals surface area (Å²) >= 11 is 2.25. The topological polar surface area (TPSA) is 22.1 Å². The van der Waals surface area contributed by atoms with E-state index in [4.69, 9.17) is 4.74 Å². The van der Waals surface area contributed by atoms with Crippen LogP contribution in [0.3, 0.4) is 0 Å². The Kier molecular flexibility index (Phi) is 2.92. The lowest BCUT2D eigenvalue weighted by Crippen LogP contribution is -2.14. The normalized spacial score (nSPS) is 16.5. The van der Waals surface area contributed by atoms with Gasteiger partial charge in [-0.05, 0) is 35.4 Å². The predicted octanol–water partition coefficient (Wildman–Crippen LogP) is 3.52. The van der Waals surface area contributed by atoms with Gasteiger partial charge >= 0.3 is 0 Å². The van der Waals surface area contributed by atoms with Gasteiger partial charge < -0.3 is 4.74 Å². The maximum atomic E-state index is 5.80. The highest BCUT2D eigenvalue weighted by Crippen LogP contribution is 2.30. The van der Waals surface area contributed by atoms with E-state index in [1.807, 2.05) is 6.07 Å². The lowest BCUT2D eigenvalue weighted by atomic mass is 9.92. The number of pyridine rings is 1. The Hall–Kier alpha value is -0.320. The molecular weight excluding hydrogens is 301 g/mol. The molecular formula is C12H16INO. The second-order valence-electron chi connectivity index (χ2n) is 5.08. The number of halogens is 1. The summed E-state index contributed by atoms with van der Waals surface area (Å²) in [6.45, 7) is 6.52. The van der Waals surface area contributed by atoms with Crippen LogP contribution in [0.2, 0.25) is 0 Å². The van der Waals surface area contributed by atoms with Crippen LogP contribution in [0.1, 0.15) is 39.3 Å². The van der Waals surface area contributed by atoms with Crippen LogP contribution in [0.15, 0.2) is 12.1 Å². The molecule has 1 aromatic rings. The molecule has 1 fully saturated rings. The van der Waals surface area contributed by atoms with E-state index in [1.165, 1.54) is 12.8 Å². The van der Waals surface area contributed by atoms with Crippen molar-refractivity contribution < 1.29 is 4.74 Å². The minimum absolute atomic E-state index is 0.0862. The highest BCUT2D eigenvalue weighted by atomic mass is 127. The van der Waals surface area contributed by atoms with Crippen molar-refractivity contribution in [1.82, 2.24) is 4.98 Å². The SMILES string of the molecule is CC(C)(C)c1cc(OC2CC2)cc(I)n1.